The zero-order valence-electron chi connectivity index (χ0n) is 8.36. The molecule has 1 aliphatic rings. The number of carbonyl (C=O) groups is 1. The van der Waals surface area contributed by atoms with Gasteiger partial charge in [-0.05, 0) is 0 Å². The molecule has 0 aliphatic heterocycles. The number of hydrogen-bond donors (Lipinski definition) is 0. The van der Waals surface area contributed by atoms with Crippen LogP contribution in [0.4, 0.5) is 0 Å². The Balaban J connectivity index is 2.62. The average Bonchev–Trinajstić information content (AvgIpc) is 2.24. The Morgan fingerprint density at radius 2 is 2.13 bits per heavy atom. The molecule has 0 aromatic heterocycles. The molecule has 0 bridgehead atoms. The van der Waals surface area contributed by atoms with Gasteiger partial charge in [0.05, 0.1) is 0 Å². The van der Waals surface area contributed by atoms with Gasteiger partial charge in [0.15, 0.2) is 0 Å². The van der Waals surface area contributed by atoms with Crippen LogP contribution in [-0.2, 0) is 11.2 Å². The first-order valence-corrected chi connectivity index (χ1v) is 5.54. The fourth-order valence-electron chi connectivity index (χ4n) is 1.70. The Bertz CT molecular complexity index is 474. The number of aliphatic imine (C=N–C) groups is 1. The van der Waals surface area contributed by atoms with Gasteiger partial charge in [0.2, 0.25) is 0 Å². The van der Waals surface area contributed by atoms with E-state index in [1.807, 2.05) is 24.3 Å². The zero-order valence-corrected chi connectivity index (χ0v) is 10.1. The molecule has 0 saturated carbocycles. The summed E-state index contributed by atoms with van der Waals surface area (Å²) in [5.41, 5.74) is 2.90. The quantitative estimate of drug-likeness (QED) is 0.556. The fraction of sp³-hybridized carbons (Fsp3) is 0.167. The van der Waals surface area contributed by atoms with Crippen molar-refractivity contribution in [3.8, 4) is 0 Å². The Labute approximate surface area is 96.9 Å². The molecule has 15 heavy (non-hydrogen) atoms. The third kappa shape index (κ3) is 1.81. The Kier molecular flexibility index (Phi) is 2.85. The molecule has 0 saturated heterocycles. The number of nitrogens with zero attached hydrogens (tertiary/aromatic N) is 1. The molecule has 1 aromatic rings. The van der Waals surface area contributed by atoms with Crippen LogP contribution in [-0.4, -0.2) is 35.1 Å². The van der Waals surface area contributed by atoms with Crippen molar-refractivity contribution in [3.63, 3.8) is 0 Å². The molecule has 1 aromatic carbocycles. The first-order chi connectivity index (χ1) is 7.24. The van der Waals surface area contributed by atoms with Crippen LogP contribution in [0.25, 0.3) is 4.47 Å². The topological polar surface area (TPSA) is 29.4 Å². The monoisotopic (exact) mass is 264 g/mol. The summed E-state index contributed by atoms with van der Waals surface area (Å²) >= 11 is 2.97. The van der Waals surface area contributed by atoms with Crippen molar-refractivity contribution in [2.24, 2.45) is 4.99 Å². The minimum absolute atomic E-state index is 0.132. The van der Waals surface area contributed by atoms with Crippen LogP contribution in [0.3, 0.4) is 0 Å². The normalized spacial score (nSPS) is 15.9. The third-order valence-electron chi connectivity index (χ3n) is 2.42. The van der Waals surface area contributed by atoms with Gasteiger partial charge in [0.1, 0.15) is 0 Å². The van der Waals surface area contributed by atoms with Gasteiger partial charge in [-0.1, -0.05) is 0 Å². The van der Waals surface area contributed by atoms with E-state index in [9.17, 15) is 4.79 Å². The summed E-state index contributed by atoms with van der Waals surface area (Å²) in [5, 5.41) is 0. The molecule has 1 aliphatic carbocycles. The van der Waals surface area contributed by atoms with Crippen LogP contribution in [0.5, 0.6) is 0 Å². The zero-order chi connectivity index (χ0) is 10.8. The standard InChI is InChI=1S/C12H10NOSe/c1-13-7-10-11(14)6-8-4-2-3-5-9(8)12(10)15/h2-5,7H,6H2,1H3. The van der Waals surface area contributed by atoms with E-state index in [0.29, 0.717) is 12.0 Å². The predicted molar refractivity (Wildman–Crippen MR) is 62.2 cm³/mol. The predicted octanol–water partition coefficient (Wildman–Crippen LogP) is 1.39. The molecule has 0 heterocycles. The van der Waals surface area contributed by atoms with Crippen molar-refractivity contribution in [2.75, 3.05) is 7.05 Å². The van der Waals surface area contributed by atoms with Crippen molar-refractivity contribution < 1.29 is 4.79 Å². The molecule has 0 unspecified atom stereocenters. The van der Waals surface area contributed by atoms with Gasteiger partial charge in [-0.15, -0.1) is 0 Å². The number of benzene rings is 1. The van der Waals surface area contributed by atoms with Gasteiger partial charge < -0.3 is 0 Å². The minimum atomic E-state index is 0.132. The Morgan fingerprint density at radius 3 is 2.87 bits per heavy atom. The summed E-state index contributed by atoms with van der Waals surface area (Å²) in [7, 11) is 1.67. The molecule has 1 radical (unpaired) electrons. The van der Waals surface area contributed by atoms with Crippen molar-refractivity contribution in [1.82, 2.24) is 0 Å². The van der Waals surface area contributed by atoms with Gasteiger partial charge in [-0.2, -0.15) is 0 Å². The summed E-state index contributed by atoms with van der Waals surface area (Å²) in [4.78, 5) is 15.7. The van der Waals surface area contributed by atoms with Crippen LogP contribution < -0.4 is 0 Å². The maximum atomic E-state index is 11.8. The van der Waals surface area contributed by atoms with Gasteiger partial charge in [0, 0.05) is 0 Å². The molecule has 0 spiro atoms. The van der Waals surface area contributed by atoms with Crippen molar-refractivity contribution in [2.45, 2.75) is 6.42 Å². The first-order valence-electron chi connectivity index (χ1n) is 4.69. The van der Waals surface area contributed by atoms with Crippen molar-refractivity contribution >= 4 is 32.5 Å². The second-order valence-corrected chi connectivity index (χ2v) is 4.24. The second kappa shape index (κ2) is 4.13. The molecule has 0 amide bonds. The van der Waals surface area contributed by atoms with Crippen LogP contribution >= 0.6 is 0 Å². The van der Waals surface area contributed by atoms with Crippen LogP contribution in [0.15, 0.2) is 34.8 Å². The SMILES string of the molecule is CN=CC1=C([Se])c2ccccc2CC1=O. The third-order valence-corrected chi connectivity index (χ3v) is 3.34. The van der Waals surface area contributed by atoms with Crippen molar-refractivity contribution in [1.29, 1.82) is 0 Å². The molecular formula is C12H10NOSe. The van der Waals surface area contributed by atoms with E-state index in [-0.39, 0.29) is 5.78 Å². The molecule has 75 valence electrons. The van der Waals surface area contributed by atoms with Gasteiger partial charge >= 0.3 is 96.7 Å². The summed E-state index contributed by atoms with van der Waals surface area (Å²) in [6.07, 6.45) is 2.10. The number of fused-ring (bicyclic) bond motifs is 1. The van der Waals surface area contributed by atoms with Gasteiger partial charge in [0.25, 0.3) is 0 Å². The van der Waals surface area contributed by atoms with Crippen LogP contribution in [0.2, 0.25) is 0 Å². The molecule has 0 N–H and O–H groups in total. The van der Waals surface area contributed by atoms with E-state index < -0.39 is 0 Å². The number of carbonyl (C=O) groups excluding carboxylic acids is 1. The number of allylic oxidation sites excluding steroid dienone is 1. The van der Waals surface area contributed by atoms with E-state index in [2.05, 4.69) is 21.0 Å². The number of ketones is 1. The Hall–Kier alpha value is -1.18. The summed E-state index contributed by atoms with van der Waals surface area (Å²) in [6.45, 7) is 0. The van der Waals surface area contributed by atoms with E-state index in [1.165, 1.54) is 0 Å². The Morgan fingerprint density at radius 1 is 1.40 bits per heavy atom. The average molecular weight is 263 g/mol. The van der Waals surface area contributed by atoms with Gasteiger partial charge in [-0.25, -0.2) is 0 Å². The molecule has 0 fully saturated rings. The first kappa shape index (κ1) is 10.3. The summed E-state index contributed by atoms with van der Waals surface area (Å²) in [6, 6.07) is 7.95. The summed E-state index contributed by atoms with van der Waals surface area (Å²) in [5.74, 6) is 0.132. The van der Waals surface area contributed by atoms with E-state index >= 15 is 0 Å². The fourth-order valence-corrected chi connectivity index (χ4v) is 2.46. The molecule has 0 atom stereocenters. The second-order valence-electron chi connectivity index (χ2n) is 3.39. The van der Waals surface area contributed by atoms with E-state index in [4.69, 9.17) is 0 Å². The molecule has 3 heteroatoms. The van der Waals surface area contributed by atoms with E-state index in [1.54, 1.807) is 13.3 Å². The van der Waals surface area contributed by atoms with E-state index in [0.717, 1.165) is 15.6 Å². The van der Waals surface area contributed by atoms with Crippen LogP contribution in [0.1, 0.15) is 11.1 Å². The number of rotatable bonds is 1. The molecular weight excluding hydrogens is 253 g/mol. The molecule has 2 nitrogen and oxygen atoms in total. The van der Waals surface area contributed by atoms with Crippen molar-refractivity contribution in [3.05, 3.63) is 41.0 Å². The maximum absolute atomic E-state index is 11.8. The molecule has 2 rings (SSSR count). The van der Waals surface area contributed by atoms with Crippen LogP contribution in [0, 0.1) is 0 Å². The summed E-state index contributed by atoms with van der Waals surface area (Å²) < 4.78 is 0.910. The van der Waals surface area contributed by atoms with Gasteiger partial charge in [-0.3, -0.25) is 0 Å². The number of hydrogen-bond acceptors (Lipinski definition) is 2. The number of Topliss-reactive ketones (excluding diaryl/α,β-unsaturated/α-hetero) is 1.